The molecule has 2 aromatic carbocycles. The van der Waals surface area contributed by atoms with Gasteiger partial charge in [0.25, 0.3) is 0 Å². The maximum Gasteiger partial charge on any atom is 0.248 e. The highest BCUT2D eigenvalue weighted by atomic mass is 79.9. The second kappa shape index (κ2) is 8.87. The zero-order valence-electron chi connectivity index (χ0n) is 14.6. The molecule has 0 saturated carbocycles. The van der Waals surface area contributed by atoms with Gasteiger partial charge in [0.2, 0.25) is 5.91 Å². The topological polar surface area (TPSA) is 50.8 Å². The lowest BCUT2D eigenvalue weighted by molar-refractivity contribution is -0.111. The Morgan fingerprint density at radius 2 is 1.92 bits per heavy atom. The number of nitrogens with one attached hydrogen (secondary N) is 1. The third-order valence-corrected chi connectivity index (χ3v) is 4.73. The molecule has 1 aliphatic heterocycles. The van der Waals surface area contributed by atoms with E-state index >= 15 is 0 Å². The summed E-state index contributed by atoms with van der Waals surface area (Å²) in [5.74, 6) is 0.586. The molecule has 1 aliphatic rings. The van der Waals surface area contributed by atoms with Crippen LogP contribution in [0.15, 0.2) is 53.0 Å². The van der Waals surface area contributed by atoms with Gasteiger partial charge in [-0.1, -0.05) is 6.07 Å². The Balaban J connectivity index is 1.58. The van der Waals surface area contributed by atoms with E-state index in [4.69, 9.17) is 9.47 Å². The lowest BCUT2D eigenvalue weighted by Crippen LogP contribution is -2.36. The molecule has 1 saturated heterocycles. The number of hydrogen-bond donors (Lipinski definition) is 1. The van der Waals surface area contributed by atoms with Crippen LogP contribution in [0.3, 0.4) is 0 Å². The fourth-order valence-corrected chi connectivity index (χ4v) is 3.28. The zero-order chi connectivity index (χ0) is 18.4. The fraction of sp³-hybridized carbons (Fsp3) is 0.250. The number of amides is 1. The molecule has 1 heterocycles. The standard InChI is InChI=1S/C20H21BrN2O3/c1-25-19-8-2-15(14-18(19)21)3-9-20(24)22-16-4-6-17(7-5-16)23-10-12-26-13-11-23/h2-9,14H,10-13H2,1H3,(H,22,24). The molecule has 6 heteroatoms. The van der Waals surface area contributed by atoms with Gasteiger partial charge in [-0.05, 0) is 64.0 Å². The van der Waals surface area contributed by atoms with Crippen molar-refractivity contribution in [3.63, 3.8) is 0 Å². The van der Waals surface area contributed by atoms with Gasteiger partial charge in [-0.15, -0.1) is 0 Å². The average molecular weight is 417 g/mol. The number of halogens is 1. The van der Waals surface area contributed by atoms with Crippen LogP contribution in [-0.2, 0) is 9.53 Å². The van der Waals surface area contributed by atoms with E-state index in [0.29, 0.717) is 0 Å². The van der Waals surface area contributed by atoms with Crippen molar-refractivity contribution in [2.45, 2.75) is 0 Å². The number of nitrogens with zero attached hydrogens (tertiary/aromatic N) is 1. The van der Waals surface area contributed by atoms with E-state index < -0.39 is 0 Å². The van der Waals surface area contributed by atoms with Crippen LogP contribution in [-0.4, -0.2) is 39.3 Å². The van der Waals surface area contributed by atoms with Crippen LogP contribution < -0.4 is 15.0 Å². The molecule has 0 radical (unpaired) electrons. The first kappa shape index (κ1) is 18.5. The van der Waals surface area contributed by atoms with Crippen LogP contribution in [0.25, 0.3) is 6.08 Å². The highest BCUT2D eigenvalue weighted by Gasteiger charge is 2.10. The number of carbonyl (C=O) groups is 1. The van der Waals surface area contributed by atoms with Crippen molar-refractivity contribution in [3.05, 3.63) is 58.6 Å². The number of ether oxygens (including phenoxy) is 2. The fourth-order valence-electron chi connectivity index (χ4n) is 2.72. The predicted molar refractivity (Wildman–Crippen MR) is 108 cm³/mol. The first-order valence-corrected chi connectivity index (χ1v) is 9.20. The van der Waals surface area contributed by atoms with Crippen molar-refractivity contribution >= 4 is 39.3 Å². The lowest BCUT2D eigenvalue weighted by atomic mass is 10.2. The minimum atomic E-state index is -0.170. The van der Waals surface area contributed by atoms with Crippen LogP contribution in [0, 0.1) is 0 Å². The minimum absolute atomic E-state index is 0.170. The first-order chi connectivity index (χ1) is 12.7. The summed E-state index contributed by atoms with van der Waals surface area (Å²) in [6, 6.07) is 13.5. The molecular formula is C20H21BrN2O3. The molecule has 26 heavy (non-hydrogen) atoms. The number of hydrogen-bond acceptors (Lipinski definition) is 4. The molecule has 2 aromatic rings. The molecule has 0 spiro atoms. The molecule has 3 rings (SSSR count). The molecule has 0 unspecified atom stereocenters. The highest BCUT2D eigenvalue weighted by molar-refractivity contribution is 9.10. The quantitative estimate of drug-likeness (QED) is 0.749. The van der Waals surface area contributed by atoms with Crippen LogP contribution in [0.2, 0.25) is 0 Å². The molecule has 1 N–H and O–H groups in total. The van der Waals surface area contributed by atoms with Crippen LogP contribution in [0.4, 0.5) is 11.4 Å². The SMILES string of the molecule is COc1ccc(C=CC(=O)Nc2ccc(N3CCOCC3)cc2)cc1Br. The van der Waals surface area contributed by atoms with Gasteiger partial charge < -0.3 is 19.7 Å². The van der Waals surface area contributed by atoms with Crippen molar-refractivity contribution < 1.29 is 14.3 Å². The Labute approximate surface area is 161 Å². The van der Waals surface area contributed by atoms with Crippen LogP contribution in [0.5, 0.6) is 5.75 Å². The Hall–Kier alpha value is -2.31. The number of carbonyl (C=O) groups excluding carboxylic acids is 1. The molecule has 0 bridgehead atoms. The Morgan fingerprint density at radius 1 is 1.19 bits per heavy atom. The third kappa shape index (κ3) is 4.86. The number of methoxy groups -OCH3 is 1. The number of rotatable bonds is 5. The van der Waals surface area contributed by atoms with Crippen molar-refractivity contribution in [2.24, 2.45) is 0 Å². The smallest absolute Gasteiger partial charge is 0.248 e. The summed E-state index contributed by atoms with van der Waals surface area (Å²) in [7, 11) is 1.62. The Morgan fingerprint density at radius 3 is 2.58 bits per heavy atom. The van der Waals surface area contributed by atoms with E-state index in [1.54, 1.807) is 13.2 Å². The van der Waals surface area contributed by atoms with Gasteiger partial charge in [-0.25, -0.2) is 0 Å². The second-order valence-electron chi connectivity index (χ2n) is 5.86. The Kier molecular flexibility index (Phi) is 6.30. The lowest BCUT2D eigenvalue weighted by Gasteiger charge is -2.28. The highest BCUT2D eigenvalue weighted by Crippen LogP contribution is 2.26. The first-order valence-electron chi connectivity index (χ1n) is 8.41. The zero-order valence-corrected chi connectivity index (χ0v) is 16.2. The van der Waals surface area contributed by atoms with Crippen molar-refractivity contribution in [1.82, 2.24) is 0 Å². The largest absolute Gasteiger partial charge is 0.496 e. The summed E-state index contributed by atoms with van der Waals surface area (Å²) < 4.78 is 11.4. The third-order valence-electron chi connectivity index (χ3n) is 4.11. The summed E-state index contributed by atoms with van der Waals surface area (Å²) >= 11 is 3.44. The summed E-state index contributed by atoms with van der Waals surface area (Å²) in [5.41, 5.74) is 2.83. The average Bonchev–Trinajstić information content (AvgIpc) is 2.68. The van der Waals surface area contributed by atoms with Crippen LogP contribution >= 0.6 is 15.9 Å². The van der Waals surface area contributed by atoms with E-state index in [-0.39, 0.29) is 5.91 Å². The van der Waals surface area contributed by atoms with Gasteiger partial charge in [-0.2, -0.15) is 0 Å². The molecular weight excluding hydrogens is 396 g/mol. The molecule has 136 valence electrons. The Bertz CT molecular complexity index is 784. The molecule has 0 aliphatic carbocycles. The molecule has 1 amide bonds. The number of benzene rings is 2. The van der Waals surface area contributed by atoms with Crippen molar-refractivity contribution in [1.29, 1.82) is 0 Å². The van der Waals surface area contributed by atoms with Gasteiger partial charge in [0.05, 0.1) is 24.8 Å². The summed E-state index contributed by atoms with van der Waals surface area (Å²) in [4.78, 5) is 14.4. The summed E-state index contributed by atoms with van der Waals surface area (Å²) in [6.07, 6.45) is 3.28. The van der Waals surface area contributed by atoms with Crippen molar-refractivity contribution in [2.75, 3.05) is 43.6 Å². The van der Waals surface area contributed by atoms with Gasteiger partial charge >= 0.3 is 0 Å². The maximum absolute atomic E-state index is 12.1. The predicted octanol–water partition coefficient (Wildman–Crippen LogP) is 3.95. The van der Waals surface area contributed by atoms with E-state index in [1.165, 1.54) is 6.08 Å². The molecule has 0 atom stereocenters. The number of anilines is 2. The van der Waals surface area contributed by atoms with E-state index in [0.717, 1.165) is 53.5 Å². The molecule has 5 nitrogen and oxygen atoms in total. The van der Waals surface area contributed by atoms with E-state index in [1.807, 2.05) is 42.5 Å². The summed E-state index contributed by atoms with van der Waals surface area (Å²) in [5, 5.41) is 2.87. The normalized spacial score (nSPS) is 14.5. The second-order valence-corrected chi connectivity index (χ2v) is 6.72. The van der Waals surface area contributed by atoms with Crippen LogP contribution in [0.1, 0.15) is 5.56 Å². The van der Waals surface area contributed by atoms with Gasteiger partial charge in [0, 0.05) is 30.5 Å². The maximum atomic E-state index is 12.1. The van der Waals surface area contributed by atoms with Gasteiger partial charge in [-0.3, -0.25) is 4.79 Å². The number of morpholine rings is 1. The van der Waals surface area contributed by atoms with Gasteiger partial charge in [0.15, 0.2) is 0 Å². The molecule has 0 aromatic heterocycles. The van der Waals surface area contributed by atoms with Crippen molar-refractivity contribution in [3.8, 4) is 5.75 Å². The van der Waals surface area contributed by atoms with E-state index in [2.05, 4.69) is 26.1 Å². The minimum Gasteiger partial charge on any atom is -0.496 e. The monoisotopic (exact) mass is 416 g/mol. The summed E-state index contributed by atoms with van der Waals surface area (Å²) in [6.45, 7) is 3.30. The molecule has 1 fully saturated rings. The van der Waals surface area contributed by atoms with E-state index in [9.17, 15) is 4.79 Å². The van der Waals surface area contributed by atoms with Gasteiger partial charge in [0.1, 0.15) is 5.75 Å².